The van der Waals surface area contributed by atoms with Crippen molar-refractivity contribution in [3.8, 4) is 0 Å². The van der Waals surface area contributed by atoms with E-state index in [1.807, 2.05) is 0 Å². The summed E-state index contributed by atoms with van der Waals surface area (Å²) in [7, 11) is 2.12. The minimum atomic E-state index is -0.0720. The molecule has 1 aliphatic carbocycles. The maximum absolute atomic E-state index is 11.4. The van der Waals surface area contributed by atoms with Crippen LogP contribution in [0.2, 0.25) is 0 Å². The van der Waals surface area contributed by atoms with Crippen LogP contribution in [0.1, 0.15) is 36.8 Å². The van der Waals surface area contributed by atoms with Gasteiger partial charge in [0.25, 0.3) is 0 Å². The van der Waals surface area contributed by atoms with E-state index in [9.17, 15) is 4.79 Å². The van der Waals surface area contributed by atoms with Crippen molar-refractivity contribution in [3.05, 3.63) is 35.4 Å². The molecule has 1 aromatic rings. The number of hydrogen-bond acceptors (Lipinski definition) is 2. The number of benzene rings is 1. The van der Waals surface area contributed by atoms with Crippen LogP contribution in [0.15, 0.2) is 24.3 Å². The fourth-order valence-electron chi connectivity index (χ4n) is 3.06. The molecule has 18 heavy (non-hydrogen) atoms. The van der Waals surface area contributed by atoms with Crippen LogP contribution in [0, 0.1) is 12.3 Å². The standard InChI is InChI=1S/C16H23NO/c1-14-7-3-4-8-15(14)11-17(2)12-16(13-18)9-5-6-10-16/h3-4,7-8,13H,5-6,9-12H2,1-2H3. The summed E-state index contributed by atoms with van der Waals surface area (Å²) < 4.78 is 0. The summed E-state index contributed by atoms with van der Waals surface area (Å²) in [6.45, 7) is 3.97. The van der Waals surface area contributed by atoms with Gasteiger partial charge in [-0.2, -0.15) is 0 Å². The van der Waals surface area contributed by atoms with Crippen LogP contribution in [0.25, 0.3) is 0 Å². The monoisotopic (exact) mass is 245 g/mol. The second-order valence-corrected chi connectivity index (χ2v) is 5.79. The van der Waals surface area contributed by atoms with Crippen molar-refractivity contribution in [2.24, 2.45) is 5.41 Å². The Balaban J connectivity index is 1.98. The fraction of sp³-hybridized carbons (Fsp3) is 0.562. The zero-order chi connectivity index (χ0) is 13.0. The predicted octanol–water partition coefficient (Wildman–Crippen LogP) is 3.19. The minimum absolute atomic E-state index is 0.0720. The molecule has 2 nitrogen and oxygen atoms in total. The highest BCUT2D eigenvalue weighted by Gasteiger charge is 2.34. The normalized spacial score (nSPS) is 18.2. The molecule has 1 aliphatic rings. The molecule has 0 aromatic heterocycles. The van der Waals surface area contributed by atoms with Crippen LogP contribution in [-0.4, -0.2) is 24.8 Å². The minimum Gasteiger partial charge on any atom is -0.303 e. The quantitative estimate of drug-likeness (QED) is 0.743. The van der Waals surface area contributed by atoms with Gasteiger partial charge in [-0.15, -0.1) is 0 Å². The van der Waals surface area contributed by atoms with E-state index in [1.165, 1.54) is 30.3 Å². The van der Waals surface area contributed by atoms with Crippen LogP contribution in [0.3, 0.4) is 0 Å². The second kappa shape index (κ2) is 5.66. The van der Waals surface area contributed by atoms with Gasteiger partial charge in [0, 0.05) is 18.5 Å². The van der Waals surface area contributed by atoms with E-state index in [0.29, 0.717) is 0 Å². The molecule has 1 saturated carbocycles. The topological polar surface area (TPSA) is 20.3 Å². The lowest BCUT2D eigenvalue weighted by molar-refractivity contribution is -0.116. The lowest BCUT2D eigenvalue weighted by atomic mass is 9.87. The first-order chi connectivity index (χ1) is 8.65. The van der Waals surface area contributed by atoms with E-state index in [-0.39, 0.29) is 5.41 Å². The second-order valence-electron chi connectivity index (χ2n) is 5.79. The highest BCUT2D eigenvalue weighted by molar-refractivity contribution is 5.60. The molecule has 0 radical (unpaired) electrons. The molecule has 98 valence electrons. The Bertz CT molecular complexity index is 407. The third kappa shape index (κ3) is 2.99. The number of carbonyl (C=O) groups excluding carboxylic acids is 1. The van der Waals surface area contributed by atoms with E-state index in [4.69, 9.17) is 0 Å². The summed E-state index contributed by atoms with van der Waals surface area (Å²) in [4.78, 5) is 13.7. The molecule has 0 saturated heterocycles. The van der Waals surface area contributed by atoms with Gasteiger partial charge in [0.15, 0.2) is 0 Å². The maximum atomic E-state index is 11.4. The Morgan fingerprint density at radius 1 is 1.28 bits per heavy atom. The largest absolute Gasteiger partial charge is 0.303 e. The molecule has 0 spiro atoms. The van der Waals surface area contributed by atoms with Gasteiger partial charge in [-0.3, -0.25) is 0 Å². The Kier molecular flexibility index (Phi) is 4.18. The van der Waals surface area contributed by atoms with Crippen LogP contribution in [-0.2, 0) is 11.3 Å². The van der Waals surface area contributed by atoms with Crippen molar-refractivity contribution in [1.82, 2.24) is 4.90 Å². The predicted molar refractivity (Wildman–Crippen MR) is 74.5 cm³/mol. The summed E-state index contributed by atoms with van der Waals surface area (Å²) >= 11 is 0. The molecule has 0 atom stereocenters. The molecule has 1 aromatic carbocycles. The molecule has 0 heterocycles. The maximum Gasteiger partial charge on any atom is 0.127 e. The smallest absolute Gasteiger partial charge is 0.127 e. The SMILES string of the molecule is Cc1ccccc1CN(C)CC1(C=O)CCCC1. The molecule has 2 heteroatoms. The van der Waals surface area contributed by atoms with Crippen LogP contribution < -0.4 is 0 Å². The lowest BCUT2D eigenvalue weighted by Crippen LogP contribution is -2.34. The summed E-state index contributed by atoms with van der Waals surface area (Å²) in [5.74, 6) is 0. The highest BCUT2D eigenvalue weighted by atomic mass is 16.1. The molecule has 0 unspecified atom stereocenters. The molecule has 1 fully saturated rings. The summed E-state index contributed by atoms with van der Waals surface area (Å²) in [5.41, 5.74) is 2.62. The van der Waals surface area contributed by atoms with Gasteiger partial charge in [-0.1, -0.05) is 37.1 Å². The van der Waals surface area contributed by atoms with Gasteiger partial charge >= 0.3 is 0 Å². The van der Waals surface area contributed by atoms with Gasteiger partial charge in [-0.05, 0) is 37.9 Å². The van der Waals surface area contributed by atoms with Crippen molar-refractivity contribution in [1.29, 1.82) is 0 Å². The van der Waals surface area contributed by atoms with E-state index < -0.39 is 0 Å². The summed E-state index contributed by atoms with van der Waals surface area (Å²) in [6, 6.07) is 8.48. The number of carbonyl (C=O) groups is 1. The molecule has 0 aliphatic heterocycles. The Labute approximate surface area is 110 Å². The Morgan fingerprint density at radius 2 is 1.94 bits per heavy atom. The summed E-state index contributed by atoms with van der Waals surface area (Å²) in [5, 5.41) is 0. The van der Waals surface area contributed by atoms with Gasteiger partial charge in [0.1, 0.15) is 6.29 Å². The Morgan fingerprint density at radius 3 is 2.56 bits per heavy atom. The first-order valence-electron chi connectivity index (χ1n) is 6.85. The van der Waals surface area contributed by atoms with Gasteiger partial charge in [0.05, 0.1) is 0 Å². The molecule has 0 N–H and O–H groups in total. The average molecular weight is 245 g/mol. The van der Waals surface area contributed by atoms with Crippen molar-refractivity contribution in [3.63, 3.8) is 0 Å². The molecule has 0 bridgehead atoms. The van der Waals surface area contributed by atoms with Gasteiger partial charge in [0.2, 0.25) is 0 Å². The fourth-order valence-corrected chi connectivity index (χ4v) is 3.06. The third-order valence-corrected chi connectivity index (χ3v) is 4.14. The number of rotatable bonds is 5. The number of aryl methyl sites for hydroxylation is 1. The van der Waals surface area contributed by atoms with Gasteiger partial charge in [-0.25, -0.2) is 0 Å². The van der Waals surface area contributed by atoms with Crippen molar-refractivity contribution < 1.29 is 4.79 Å². The number of aldehydes is 1. The van der Waals surface area contributed by atoms with Gasteiger partial charge < -0.3 is 9.69 Å². The lowest BCUT2D eigenvalue weighted by Gasteiger charge is -2.28. The first-order valence-corrected chi connectivity index (χ1v) is 6.85. The highest BCUT2D eigenvalue weighted by Crippen LogP contribution is 2.36. The first kappa shape index (κ1) is 13.3. The zero-order valence-corrected chi connectivity index (χ0v) is 11.5. The molecule has 0 amide bonds. The van der Waals surface area contributed by atoms with Crippen LogP contribution in [0.4, 0.5) is 0 Å². The molecule has 2 rings (SSSR count). The molecular weight excluding hydrogens is 222 g/mol. The van der Waals surface area contributed by atoms with Crippen molar-refractivity contribution in [2.75, 3.05) is 13.6 Å². The average Bonchev–Trinajstić information content (AvgIpc) is 2.81. The van der Waals surface area contributed by atoms with E-state index in [0.717, 1.165) is 25.9 Å². The Hall–Kier alpha value is -1.15. The summed E-state index contributed by atoms with van der Waals surface area (Å²) in [6.07, 6.45) is 5.74. The van der Waals surface area contributed by atoms with Crippen LogP contribution >= 0.6 is 0 Å². The number of hydrogen-bond donors (Lipinski definition) is 0. The number of nitrogens with zero attached hydrogens (tertiary/aromatic N) is 1. The van der Waals surface area contributed by atoms with E-state index >= 15 is 0 Å². The van der Waals surface area contributed by atoms with Crippen molar-refractivity contribution >= 4 is 6.29 Å². The van der Waals surface area contributed by atoms with Crippen molar-refractivity contribution in [2.45, 2.75) is 39.2 Å². The van der Waals surface area contributed by atoms with E-state index in [1.54, 1.807) is 0 Å². The van der Waals surface area contributed by atoms with Crippen LogP contribution in [0.5, 0.6) is 0 Å². The van der Waals surface area contributed by atoms with E-state index in [2.05, 4.69) is 43.1 Å². The molecular formula is C16H23NO. The zero-order valence-electron chi connectivity index (χ0n) is 11.5. The third-order valence-electron chi connectivity index (χ3n) is 4.14.